The van der Waals surface area contributed by atoms with Gasteiger partial charge >= 0.3 is 5.97 Å². The topological polar surface area (TPSA) is 63.3 Å². The van der Waals surface area contributed by atoms with Crippen molar-refractivity contribution in [3.8, 4) is 0 Å². The quantitative estimate of drug-likeness (QED) is 0.781. The molecule has 3 nitrogen and oxygen atoms in total. The van der Waals surface area contributed by atoms with Crippen molar-refractivity contribution in [3.63, 3.8) is 0 Å². The first-order valence-corrected chi connectivity index (χ1v) is 4.57. The summed E-state index contributed by atoms with van der Waals surface area (Å²) in [5.41, 5.74) is 7.95. The van der Waals surface area contributed by atoms with E-state index < -0.39 is 5.97 Å². The van der Waals surface area contributed by atoms with Crippen LogP contribution in [0.25, 0.3) is 0 Å². The van der Waals surface area contributed by atoms with Gasteiger partial charge in [-0.15, -0.1) is 0 Å². The van der Waals surface area contributed by atoms with Gasteiger partial charge < -0.3 is 10.8 Å². The number of carbonyl (C=O) groups is 1. The Hall–Kier alpha value is -1.03. The van der Waals surface area contributed by atoms with Crippen LogP contribution in [0.3, 0.4) is 0 Å². The van der Waals surface area contributed by atoms with Gasteiger partial charge in [0.25, 0.3) is 0 Å². The van der Waals surface area contributed by atoms with Gasteiger partial charge in [-0.05, 0) is 24.1 Å². The van der Waals surface area contributed by atoms with Gasteiger partial charge in [-0.1, -0.05) is 22.0 Å². The van der Waals surface area contributed by atoms with Crippen molar-refractivity contribution in [1.29, 1.82) is 0 Å². The number of carboxylic acid groups (broad SMARTS) is 1. The third-order valence-electron chi connectivity index (χ3n) is 1.85. The molecule has 0 bridgehead atoms. The second-order valence-electron chi connectivity index (χ2n) is 2.82. The van der Waals surface area contributed by atoms with E-state index in [0.717, 1.165) is 15.6 Å². The number of benzene rings is 1. The molecule has 1 aromatic rings. The Bertz CT molecular complexity index is 350. The minimum absolute atomic E-state index is 0.0156. The first-order chi connectivity index (χ1) is 6.02. The molecule has 0 aliphatic rings. The zero-order valence-electron chi connectivity index (χ0n) is 7.17. The fraction of sp³-hybridized carbons (Fsp3) is 0.222. The van der Waals surface area contributed by atoms with Crippen LogP contribution in [0.4, 0.5) is 5.69 Å². The molecule has 0 amide bonds. The number of halogens is 1. The highest BCUT2D eigenvalue weighted by molar-refractivity contribution is 9.10. The molecular weight excluding hydrogens is 234 g/mol. The van der Waals surface area contributed by atoms with E-state index in [-0.39, 0.29) is 6.42 Å². The maximum absolute atomic E-state index is 10.5. The van der Waals surface area contributed by atoms with E-state index in [9.17, 15) is 4.79 Å². The Morgan fingerprint density at radius 1 is 1.62 bits per heavy atom. The van der Waals surface area contributed by atoms with Crippen LogP contribution in [0.2, 0.25) is 0 Å². The summed E-state index contributed by atoms with van der Waals surface area (Å²) in [6.45, 7) is 1.85. The highest BCUT2D eigenvalue weighted by Crippen LogP contribution is 2.26. The Labute approximate surface area is 84.7 Å². The molecule has 0 saturated carbocycles. The summed E-state index contributed by atoms with van der Waals surface area (Å²) >= 11 is 3.32. The lowest BCUT2D eigenvalue weighted by Gasteiger charge is -2.07. The lowest BCUT2D eigenvalue weighted by atomic mass is 10.1. The van der Waals surface area contributed by atoms with Crippen LogP contribution in [-0.4, -0.2) is 11.1 Å². The zero-order valence-corrected chi connectivity index (χ0v) is 8.76. The van der Waals surface area contributed by atoms with Gasteiger partial charge in [0.15, 0.2) is 0 Å². The smallest absolute Gasteiger partial charge is 0.307 e. The summed E-state index contributed by atoms with van der Waals surface area (Å²) in [4.78, 5) is 10.5. The van der Waals surface area contributed by atoms with E-state index >= 15 is 0 Å². The molecule has 0 aromatic heterocycles. The summed E-state index contributed by atoms with van der Waals surface area (Å²) in [5, 5.41) is 8.60. The van der Waals surface area contributed by atoms with E-state index in [4.69, 9.17) is 10.8 Å². The van der Waals surface area contributed by atoms with Gasteiger partial charge in [0.1, 0.15) is 0 Å². The number of anilines is 1. The normalized spacial score (nSPS) is 10.0. The van der Waals surface area contributed by atoms with Crippen molar-refractivity contribution in [1.82, 2.24) is 0 Å². The molecule has 0 unspecified atom stereocenters. The van der Waals surface area contributed by atoms with E-state index in [2.05, 4.69) is 15.9 Å². The van der Waals surface area contributed by atoms with Crippen molar-refractivity contribution < 1.29 is 9.90 Å². The number of nitrogens with two attached hydrogens (primary N) is 1. The molecule has 0 atom stereocenters. The fourth-order valence-electron chi connectivity index (χ4n) is 1.06. The summed E-state index contributed by atoms with van der Waals surface area (Å²) in [6, 6.07) is 3.44. The first kappa shape index (κ1) is 10.1. The summed E-state index contributed by atoms with van der Waals surface area (Å²) < 4.78 is 0.787. The minimum atomic E-state index is -0.843. The van der Waals surface area contributed by atoms with Crippen molar-refractivity contribution in [2.24, 2.45) is 0 Å². The Morgan fingerprint density at radius 2 is 2.23 bits per heavy atom. The molecule has 1 aromatic carbocycles. The maximum Gasteiger partial charge on any atom is 0.307 e. The molecular formula is C9H10BrNO2. The molecule has 1 rings (SSSR count). The average Bonchev–Trinajstić information content (AvgIpc) is 2.06. The average molecular weight is 244 g/mol. The molecule has 0 aliphatic heterocycles. The van der Waals surface area contributed by atoms with Gasteiger partial charge in [-0.3, -0.25) is 4.79 Å². The van der Waals surface area contributed by atoms with Crippen LogP contribution in [0.5, 0.6) is 0 Å². The predicted molar refractivity (Wildman–Crippen MR) is 54.6 cm³/mol. The van der Waals surface area contributed by atoms with Gasteiger partial charge in [-0.2, -0.15) is 0 Å². The largest absolute Gasteiger partial charge is 0.481 e. The van der Waals surface area contributed by atoms with Crippen LogP contribution < -0.4 is 5.73 Å². The summed E-state index contributed by atoms with van der Waals surface area (Å²) in [6.07, 6.45) is 0.0156. The van der Waals surface area contributed by atoms with Crippen LogP contribution in [0, 0.1) is 6.92 Å². The molecule has 70 valence electrons. The van der Waals surface area contributed by atoms with E-state index in [1.165, 1.54) is 0 Å². The fourth-order valence-corrected chi connectivity index (χ4v) is 1.56. The molecule has 0 heterocycles. The Balaban J connectivity index is 3.10. The zero-order chi connectivity index (χ0) is 10.0. The van der Waals surface area contributed by atoms with Crippen molar-refractivity contribution in [3.05, 3.63) is 27.7 Å². The van der Waals surface area contributed by atoms with Gasteiger partial charge in [0, 0.05) is 10.2 Å². The van der Waals surface area contributed by atoms with Crippen LogP contribution in [0.1, 0.15) is 11.1 Å². The highest BCUT2D eigenvalue weighted by Gasteiger charge is 2.08. The third-order valence-corrected chi connectivity index (χ3v) is 2.95. The number of rotatable bonds is 2. The molecule has 0 radical (unpaired) electrons. The number of carboxylic acids is 1. The van der Waals surface area contributed by atoms with Crippen LogP contribution in [0.15, 0.2) is 16.6 Å². The van der Waals surface area contributed by atoms with Gasteiger partial charge in [-0.25, -0.2) is 0 Å². The molecule has 0 spiro atoms. The van der Waals surface area contributed by atoms with Crippen molar-refractivity contribution in [2.75, 3.05) is 5.73 Å². The van der Waals surface area contributed by atoms with E-state index in [0.29, 0.717) is 5.69 Å². The van der Waals surface area contributed by atoms with Crippen LogP contribution in [-0.2, 0) is 11.2 Å². The molecule has 13 heavy (non-hydrogen) atoms. The maximum atomic E-state index is 10.5. The van der Waals surface area contributed by atoms with E-state index in [1.807, 2.05) is 6.92 Å². The van der Waals surface area contributed by atoms with E-state index in [1.54, 1.807) is 12.1 Å². The SMILES string of the molecule is Cc1c(N)ccc(CC(=O)O)c1Br. The molecule has 0 aliphatic carbocycles. The number of hydrogen-bond donors (Lipinski definition) is 2. The van der Waals surface area contributed by atoms with Crippen molar-refractivity contribution in [2.45, 2.75) is 13.3 Å². The lowest BCUT2D eigenvalue weighted by Crippen LogP contribution is -2.02. The molecule has 4 heteroatoms. The number of aliphatic carboxylic acids is 1. The molecule has 0 saturated heterocycles. The summed E-state index contributed by atoms with van der Waals surface area (Å²) in [5.74, 6) is -0.843. The second kappa shape index (κ2) is 3.79. The predicted octanol–water partition coefficient (Wildman–Crippen LogP) is 1.97. The highest BCUT2D eigenvalue weighted by atomic mass is 79.9. The standard InChI is InChI=1S/C9H10BrNO2/c1-5-7(11)3-2-6(9(5)10)4-8(12)13/h2-3H,4,11H2,1H3,(H,12,13). The van der Waals surface area contributed by atoms with Crippen molar-refractivity contribution >= 4 is 27.6 Å². The molecule has 3 N–H and O–H groups in total. The Morgan fingerprint density at radius 3 is 2.77 bits per heavy atom. The monoisotopic (exact) mass is 243 g/mol. The Kier molecular flexibility index (Phi) is 2.93. The number of hydrogen-bond acceptors (Lipinski definition) is 2. The lowest BCUT2D eigenvalue weighted by molar-refractivity contribution is -0.136. The number of nitrogen functional groups attached to an aromatic ring is 1. The van der Waals surface area contributed by atoms with Gasteiger partial charge in [0.05, 0.1) is 6.42 Å². The first-order valence-electron chi connectivity index (χ1n) is 3.77. The van der Waals surface area contributed by atoms with Crippen LogP contribution >= 0.6 is 15.9 Å². The minimum Gasteiger partial charge on any atom is -0.481 e. The summed E-state index contributed by atoms with van der Waals surface area (Å²) in [7, 11) is 0. The molecule has 0 fully saturated rings. The third kappa shape index (κ3) is 2.21. The van der Waals surface area contributed by atoms with Gasteiger partial charge in [0.2, 0.25) is 0 Å². The second-order valence-corrected chi connectivity index (χ2v) is 3.62.